The molecule has 1 aliphatic rings. The number of para-hydroxylation sites is 2. The molecule has 0 spiro atoms. The molecule has 1 aliphatic heterocycles. The molecule has 3 nitrogen and oxygen atoms in total. The van der Waals surface area contributed by atoms with Crippen molar-refractivity contribution in [2.24, 2.45) is 0 Å². The lowest BCUT2D eigenvalue weighted by Crippen LogP contribution is -2.41. The lowest BCUT2D eigenvalue weighted by Gasteiger charge is -2.32. The van der Waals surface area contributed by atoms with Crippen LogP contribution in [-0.4, -0.2) is 18.3 Å². The molecule has 0 bridgehead atoms. The molecule has 0 saturated carbocycles. The molecule has 0 radical (unpaired) electrons. The molecular weight excluding hydrogens is 491 g/mol. The van der Waals surface area contributed by atoms with Gasteiger partial charge in [0.25, 0.3) is 0 Å². The van der Waals surface area contributed by atoms with E-state index in [1.165, 1.54) is 32.3 Å². The normalized spacial score (nSPS) is 16.6. The molecule has 1 saturated heterocycles. The maximum absolute atomic E-state index is 6.73. The number of benzene rings is 6. The molecule has 7 aromatic rings. The summed E-state index contributed by atoms with van der Waals surface area (Å²) in [4.78, 5) is 0. The maximum atomic E-state index is 6.73. The minimum atomic E-state index is -0.488. The largest absolute Gasteiger partial charge is 0.498 e. The van der Waals surface area contributed by atoms with E-state index in [2.05, 4.69) is 131 Å². The molecule has 0 unspecified atom stereocenters. The van der Waals surface area contributed by atoms with Crippen molar-refractivity contribution in [1.29, 1.82) is 0 Å². The number of fused-ring (bicyclic) bond motifs is 9. The topological polar surface area (TPSA) is 31.6 Å². The summed E-state index contributed by atoms with van der Waals surface area (Å²) in [6.07, 6.45) is 0. The quantitative estimate of drug-likeness (QED) is 0.168. The second-order valence-corrected chi connectivity index (χ2v) is 11.9. The summed E-state index contributed by atoms with van der Waals surface area (Å²) in [5, 5.41) is 9.77. The molecule has 4 heteroatoms. The predicted molar refractivity (Wildman–Crippen MR) is 167 cm³/mol. The Labute approximate surface area is 233 Å². The van der Waals surface area contributed by atoms with Crippen molar-refractivity contribution in [3.05, 3.63) is 103 Å². The molecule has 0 N–H and O–H groups in total. The molecule has 2 heterocycles. The zero-order valence-electron chi connectivity index (χ0n) is 23.1. The SMILES string of the molecule is CC1(C)OB(c2cccc3c2oc2c(-c4ccc5c6ccccc6c6ccccc6c5c4)cccc23)OC1(C)C. The molecule has 8 rings (SSSR count). The third-order valence-corrected chi connectivity index (χ3v) is 9.12. The number of rotatable bonds is 2. The van der Waals surface area contributed by atoms with Crippen LogP contribution in [0.25, 0.3) is 65.4 Å². The Morgan fingerprint density at radius 2 is 0.975 bits per heavy atom. The molecular formula is C36H29BO3. The van der Waals surface area contributed by atoms with Gasteiger partial charge in [-0.2, -0.15) is 0 Å². The van der Waals surface area contributed by atoms with Gasteiger partial charge in [0.05, 0.1) is 11.2 Å². The van der Waals surface area contributed by atoms with Crippen LogP contribution in [0, 0.1) is 0 Å². The molecule has 0 amide bonds. The van der Waals surface area contributed by atoms with Crippen LogP contribution in [0.2, 0.25) is 0 Å². The molecule has 0 atom stereocenters. The molecule has 6 aromatic carbocycles. The fraction of sp³-hybridized carbons (Fsp3) is 0.167. The van der Waals surface area contributed by atoms with E-state index < -0.39 is 18.3 Å². The summed E-state index contributed by atoms with van der Waals surface area (Å²) in [5.41, 5.74) is 3.99. The monoisotopic (exact) mass is 520 g/mol. The highest BCUT2D eigenvalue weighted by Gasteiger charge is 2.52. The maximum Gasteiger partial charge on any atom is 0.498 e. The summed E-state index contributed by atoms with van der Waals surface area (Å²) in [6.45, 7) is 8.32. The molecule has 40 heavy (non-hydrogen) atoms. The van der Waals surface area contributed by atoms with Gasteiger partial charge in [-0.25, -0.2) is 0 Å². The average Bonchev–Trinajstić information content (AvgIpc) is 3.45. The Balaban J connectivity index is 1.36. The third kappa shape index (κ3) is 3.27. The number of furan rings is 1. The van der Waals surface area contributed by atoms with E-state index in [4.69, 9.17) is 13.7 Å². The van der Waals surface area contributed by atoms with Gasteiger partial charge in [-0.05, 0) is 71.6 Å². The van der Waals surface area contributed by atoms with Crippen LogP contribution < -0.4 is 5.46 Å². The number of hydrogen-bond donors (Lipinski definition) is 0. The van der Waals surface area contributed by atoms with E-state index in [0.717, 1.165) is 38.5 Å². The van der Waals surface area contributed by atoms with E-state index in [1.54, 1.807) is 0 Å². The van der Waals surface area contributed by atoms with Gasteiger partial charge in [-0.3, -0.25) is 0 Å². The predicted octanol–water partition coefficient (Wildman–Crippen LogP) is 9.01. The van der Waals surface area contributed by atoms with Gasteiger partial charge >= 0.3 is 7.12 Å². The van der Waals surface area contributed by atoms with Crippen molar-refractivity contribution in [3.8, 4) is 11.1 Å². The van der Waals surface area contributed by atoms with Crippen LogP contribution in [0.4, 0.5) is 0 Å². The molecule has 194 valence electrons. The first-order valence-electron chi connectivity index (χ1n) is 14.0. The summed E-state index contributed by atoms with van der Waals surface area (Å²) < 4.78 is 19.5. The van der Waals surface area contributed by atoms with Crippen LogP contribution in [0.15, 0.2) is 108 Å². The zero-order valence-corrected chi connectivity index (χ0v) is 23.1. The Kier molecular flexibility index (Phi) is 4.87. The van der Waals surface area contributed by atoms with Crippen LogP contribution >= 0.6 is 0 Å². The fourth-order valence-electron chi connectivity index (χ4n) is 6.30. The fourth-order valence-corrected chi connectivity index (χ4v) is 6.30. The standard InChI is InChI=1S/C36H29BO3/c1-35(2)36(3,4)40-37(39-35)32-18-10-17-30-29-16-9-15-23(33(29)38-34(30)32)22-19-20-28-26-13-6-5-11-24(26)25-12-7-8-14-27(25)31(28)21-22/h5-21H,1-4H3. The lowest BCUT2D eigenvalue weighted by molar-refractivity contribution is 0.00578. The van der Waals surface area contributed by atoms with E-state index in [0.29, 0.717) is 0 Å². The van der Waals surface area contributed by atoms with Crippen molar-refractivity contribution in [1.82, 2.24) is 0 Å². The van der Waals surface area contributed by atoms with Crippen molar-refractivity contribution in [2.75, 3.05) is 0 Å². The second kappa shape index (κ2) is 8.20. The molecule has 0 aliphatic carbocycles. The molecule has 1 fully saturated rings. The highest BCUT2D eigenvalue weighted by Crippen LogP contribution is 2.41. The minimum Gasteiger partial charge on any atom is -0.456 e. The van der Waals surface area contributed by atoms with Crippen LogP contribution in [0.3, 0.4) is 0 Å². The van der Waals surface area contributed by atoms with Crippen molar-refractivity contribution in [3.63, 3.8) is 0 Å². The van der Waals surface area contributed by atoms with Crippen LogP contribution in [0.1, 0.15) is 27.7 Å². The highest BCUT2D eigenvalue weighted by atomic mass is 16.7. The smallest absolute Gasteiger partial charge is 0.456 e. The second-order valence-electron chi connectivity index (χ2n) is 11.9. The first-order valence-corrected chi connectivity index (χ1v) is 14.0. The Morgan fingerprint density at radius 1 is 0.475 bits per heavy atom. The summed E-state index contributed by atoms with van der Waals surface area (Å²) in [5.74, 6) is 0. The van der Waals surface area contributed by atoms with E-state index >= 15 is 0 Å². The average molecular weight is 520 g/mol. The zero-order chi connectivity index (χ0) is 27.2. The van der Waals surface area contributed by atoms with Gasteiger partial charge in [0.15, 0.2) is 0 Å². The first kappa shape index (κ1) is 23.7. The summed E-state index contributed by atoms with van der Waals surface area (Å²) >= 11 is 0. The van der Waals surface area contributed by atoms with Crippen LogP contribution in [0.5, 0.6) is 0 Å². The lowest BCUT2D eigenvalue weighted by atomic mass is 9.78. The van der Waals surface area contributed by atoms with Crippen LogP contribution in [-0.2, 0) is 9.31 Å². The Bertz CT molecular complexity index is 2080. The Morgan fingerprint density at radius 3 is 1.60 bits per heavy atom. The van der Waals surface area contributed by atoms with Gasteiger partial charge in [0, 0.05) is 21.8 Å². The molecule has 1 aromatic heterocycles. The van der Waals surface area contributed by atoms with Crippen molar-refractivity contribution < 1.29 is 13.7 Å². The van der Waals surface area contributed by atoms with Gasteiger partial charge in [0.1, 0.15) is 11.2 Å². The Hall–Kier alpha value is -4.12. The van der Waals surface area contributed by atoms with E-state index in [9.17, 15) is 0 Å². The van der Waals surface area contributed by atoms with Crippen molar-refractivity contribution >= 4 is 66.8 Å². The van der Waals surface area contributed by atoms with E-state index in [-0.39, 0.29) is 0 Å². The minimum absolute atomic E-state index is 0.422. The van der Waals surface area contributed by atoms with E-state index in [1.807, 2.05) is 0 Å². The van der Waals surface area contributed by atoms with Gasteiger partial charge in [0.2, 0.25) is 0 Å². The van der Waals surface area contributed by atoms with Crippen molar-refractivity contribution in [2.45, 2.75) is 38.9 Å². The third-order valence-electron chi connectivity index (χ3n) is 9.12. The van der Waals surface area contributed by atoms with Gasteiger partial charge < -0.3 is 13.7 Å². The number of hydrogen-bond acceptors (Lipinski definition) is 3. The van der Waals surface area contributed by atoms with Gasteiger partial charge in [-0.15, -0.1) is 0 Å². The highest BCUT2D eigenvalue weighted by molar-refractivity contribution is 6.65. The first-order chi connectivity index (χ1) is 19.3. The van der Waals surface area contributed by atoms with Gasteiger partial charge in [-0.1, -0.05) is 97.1 Å². The summed E-state index contributed by atoms with van der Waals surface area (Å²) in [7, 11) is -0.488. The summed E-state index contributed by atoms with van der Waals surface area (Å²) in [6, 6.07) is 36.9.